The second kappa shape index (κ2) is 7.91. The Balaban J connectivity index is 2.64. The van der Waals surface area contributed by atoms with E-state index < -0.39 is 12.0 Å². The van der Waals surface area contributed by atoms with Crippen molar-refractivity contribution in [2.24, 2.45) is 5.73 Å². The summed E-state index contributed by atoms with van der Waals surface area (Å²) in [5.41, 5.74) is 11.8. The van der Waals surface area contributed by atoms with Crippen molar-refractivity contribution in [1.82, 2.24) is 0 Å². The molecular formula is C11H12Cl2N2O2S2. The average molecular weight is 339 g/mol. The molecular weight excluding hydrogens is 327 g/mol. The van der Waals surface area contributed by atoms with Crippen LogP contribution >= 0.6 is 46.7 Å². The van der Waals surface area contributed by atoms with Crippen LogP contribution in [0.1, 0.15) is 0 Å². The lowest BCUT2D eigenvalue weighted by Gasteiger charge is -2.08. The summed E-state index contributed by atoms with van der Waals surface area (Å²) >= 11 is 14.3. The highest BCUT2D eigenvalue weighted by atomic mass is 35.5. The van der Waals surface area contributed by atoms with Crippen molar-refractivity contribution < 1.29 is 9.90 Å². The SMILES string of the molecule is Nc1ccccc1S/C(Cl)=C(\Cl)SC[C@@H](N)C(=O)O. The zero-order valence-corrected chi connectivity index (χ0v) is 12.8. The van der Waals surface area contributed by atoms with Crippen LogP contribution in [0.25, 0.3) is 0 Å². The molecule has 5 N–H and O–H groups in total. The van der Waals surface area contributed by atoms with E-state index in [9.17, 15) is 4.79 Å². The fourth-order valence-electron chi connectivity index (χ4n) is 1.00. The first kappa shape index (κ1) is 16.5. The molecule has 0 saturated carbocycles. The monoisotopic (exact) mass is 338 g/mol. The van der Waals surface area contributed by atoms with Gasteiger partial charge in [0.05, 0.1) is 4.36 Å². The van der Waals surface area contributed by atoms with Crippen molar-refractivity contribution in [2.45, 2.75) is 10.9 Å². The Hall–Kier alpha value is -0.530. The van der Waals surface area contributed by atoms with E-state index in [1.807, 2.05) is 18.2 Å². The summed E-state index contributed by atoms with van der Waals surface area (Å²) in [6, 6.07) is 6.26. The number of carboxylic acid groups (broad SMARTS) is 1. The van der Waals surface area contributed by atoms with Crippen LogP contribution in [-0.2, 0) is 4.79 Å². The fourth-order valence-corrected chi connectivity index (χ4v) is 3.21. The molecule has 0 aliphatic heterocycles. The third-order valence-electron chi connectivity index (χ3n) is 1.98. The number of carbonyl (C=O) groups is 1. The normalized spacial score (nSPS) is 13.8. The Morgan fingerprint density at radius 2 is 1.95 bits per heavy atom. The highest BCUT2D eigenvalue weighted by Gasteiger charge is 2.14. The third-order valence-corrected chi connectivity index (χ3v) is 5.33. The van der Waals surface area contributed by atoms with Gasteiger partial charge in [0, 0.05) is 16.3 Å². The van der Waals surface area contributed by atoms with Crippen LogP contribution in [0.3, 0.4) is 0 Å². The van der Waals surface area contributed by atoms with Gasteiger partial charge >= 0.3 is 5.97 Å². The molecule has 0 aliphatic carbocycles. The molecule has 0 spiro atoms. The molecule has 0 radical (unpaired) electrons. The largest absolute Gasteiger partial charge is 0.480 e. The number of nitrogens with two attached hydrogens (primary N) is 2. The van der Waals surface area contributed by atoms with Crippen LogP contribution < -0.4 is 11.5 Å². The van der Waals surface area contributed by atoms with Gasteiger partial charge in [0.2, 0.25) is 0 Å². The lowest BCUT2D eigenvalue weighted by Crippen LogP contribution is -2.32. The number of carboxylic acids is 1. The standard InChI is InChI=1S/C11H12Cl2N2O2S2/c12-9(18-5-7(15)11(16)17)10(13)19-8-4-2-1-3-6(8)14/h1-4,7H,5,14-15H2,(H,16,17)/b10-9+/t7-/m1/s1. The van der Waals surface area contributed by atoms with Crippen molar-refractivity contribution in [3.8, 4) is 0 Å². The lowest BCUT2D eigenvalue weighted by atomic mass is 10.3. The summed E-state index contributed by atoms with van der Waals surface area (Å²) < 4.78 is 0.633. The predicted molar refractivity (Wildman–Crippen MR) is 83.5 cm³/mol. The van der Waals surface area contributed by atoms with E-state index in [2.05, 4.69) is 0 Å². The van der Waals surface area contributed by atoms with Gasteiger partial charge in [-0.2, -0.15) is 0 Å². The van der Waals surface area contributed by atoms with Crippen molar-refractivity contribution in [1.29, 1.82) is 0 Å². The van der Waals surface area contributed by atoms with E-state index in [0.717, 1.165) is 16.7 Å². The van der Waals surface area contributed by atoms with Gasteiger partial charge in [-0.3, -0.25) is 4.79 Å². The Morgan fingerprint density at radius 1 is 1.32 bits per heavy atom. The summed E-state index contributed by atoms with van der Waals surface area (Å²) in [7, 11) is 0. The number of thioether (sulfide) groups is 2. The van der Waals surface area contributed by atoms with Crippen LogP contribution in [0.2, 0.25) is 0 Å². The molecule has 1 atom stereocenters. The lowest BCUT2D eigenvalue weighted by molar-refractivity contribution is -0.137. The van der Waals surface area contributed by atoms with Gasteiger partial charge in [-0.25, -0.2) is 0 Å². The zero-order chi connectivity index (χ0) is 14.4. The molecule has 0 bridgehead atoms. The molecule has 0 fully saturated rings. The van der Waals surface area contributed by atoms with E-state index in [0.29, 0.717) is 14.4 Å². The molecule has 104 valence electrons. The van der Waals surface area contributed by atoms with Crippen LogP contribution in [-0.4, -0.2) is 22.9 Å². The maximum absolute atomic E-state index is 10.6. The van der Waals surface area contributed by atoms with Crippen molar-refractivity contribution in [3.05, 3.63) is 33.0 Å². The van der Waals surface area contributed by atoms with E-state index in [1.54, 1.807) is 6.07 Å². The summed E-state index contributed by atoms with van der Waals surface area (Å²) in [4.78, 5) is 11.4. The molecule has 19 heavy (non-hydrogen) atoms. The number of benzene rings is 1. The maximum atomic E-state index is 10.6. The molecule has 1 aromatic rings. The minimum Gasteiger partial charge on any atom is -0.480 e. The Kier molecular flexibility index (Phi) is 6.88. The predicted octanol–water partition coefficient (Wildman–Crippen LogP) is 3.11. The number of hydrogen-bond donors (Lipinski definition) is 3. The van der Waals surface area contributed by atoms with Gasteiger partial charge in [-0.15, -0.1) is 11.8 Å². The van der Waals surface area contributed by atoms with Gasteiger partial charge in [0.25, 0.3) is 0 Å². The molecule has 0 amide bonds. The second-order valence-corrected chi connectivity index (χ2v) is 6.73. The summed E-state index contributed by atoms with van der Waals surface area (Å²) in [5.74, 6) is -0.928. The zero-order valence-electron chi connectivity index (χ0n) is 9.68. The molecule has 0 heterocycles. The summed E-state index contributed by atoms with van der Waals surface area (Å²) in [5, 5.41) is 8.65. The van der Waals surface area contributed by atoms with E-state index in [1.165, 1.54) is 11.8 Å². The minimum atomic E-state index is -1.08. The quantitative estimate of drug-likeness (QED) is 0.545. The van der Waals surface area contributed by atoms with Gasteiger partial charge < -0.3 is 16.6 Å². The third kappa shape index (κ3) is 5.54. The smallest absolute Gasteiger partial charge is 0.321 e. The topological polar surface area (TPSA) is 89.3 Å². The highest BCUT2D eigenvalue weighted by molar-refractivity contribution is 8.08. The number of para-hydroxylation sites is 1. The molecule has 4 nitrogen and oxygen atoms in total. The van der Waals surface area contributed by atoms with Crippen LogP contribution in [0.5, 0.6) is 0 Å². The highest BCUT2D eigenvalue weighted by Crippen LogP contribution is 2.39. The maximum Gasteiger partial charge on any atom is 0.321 e. The fraction of sp³-hybridized carbons (Fsp3) is 0.182. The first-order valence-corrected chi connectivity index (χ1v) is 7.66. The Morgan fingerprint density at radius 3 is 2.53 bits per heavy atom. The van der Waals surface area contributed by atoms with E-state index >= 15 is 0 Å². The second-order valence-electron chi connectivity index (χ2n) is 3.44. The summed E-state index contributed by atoms with van der Waals surface area (Å²) in [6.45, 7) is 0. The molecule has 8 heteroatoms. The number of hydrogen-bond acceptors (Lipinski definition) is 5. The number of rotatable bonds is 6. The van der Waals surface area contributed by atoms with Crippen molar-refractivity contribution in [3.63, 3.8) is 0 Å². The van der Waals surface area contributed by atoms with Crippen LogP contribution in [0.4, 0.5) is 5.69 Å². The molecule has 0 aliphatic rings. The number of anilines is 1. The van der Waals surface area contributed by atoms with Crippen molar-refractivity contribution >= 4 is 58.4 Å². The molecule has 0 saturated heterocycles. The summed E-state index contributed by atoms with van der Waals surface area (Å²) in [6.07, 6.45) is 0. The van der Waals surface area contributed by atoms with Crippen LogP contribution in [0.15, 0.2) is 37.9 Å². The Labute approximate surface area is 129 Å². The average Bonchev–Trinajstić information content (AvgIpc) is 2.37. The first-order chi connectivity index (χ1) is 8.91. The van der Waals surface area contributed by atoms with E-state index in [4.69, 9.17) is 39.8 Å². The van der Waals surface area contributed by atoms with Gasteiger partial charge in [-0.05, 0) is 12.1 Å². The molecule has 1 rings (SSSR count). The van der Waals surface area contributed by atoms with Crippen molar-refractivity contribution in [2.75, 3.05) is 11.5 Å². The van der Waals surface area contributed by atoms with E-state index in [-0.39, 0.29) is 5.75 Å². The molecule has 1 aromatic carbocycles. The Bertz CT molecular complexity index is 497. The first-order valence-electron chi connectivity index (χ1n) is 5.10. The minimum absolute atomic E-state index is 0.148. The van der Waals surface area contributed by atoms with Gasteiger partial charge in [-0.1, -0.05) is 47.1 Å². The van der Waals surface area contributed by atoms with Gasteiger partial charge in [0.1, 0.15) is 10.4 Å². The number of aliphatic carboxylic acids is 1. The number of halogens is 2. The van der Waals surface area contributed by atoms with Gasteiger partial charge in [0.15, 0.2) is 0 Å². The number of nitrogen functional groups attached to an aromatic ring is 1. The van der Waals surface area contributed by atoms with Crippen LogP contribution in [0, 0.1) is 0 Å². The molecule has 0 unspecified atom stereocenters. The molecule has 0 aromatic heterocycles.